The largest absolute Gasteiger partial charge is 0.487 e. The maximum atomic E-state index is 13.7. The predicted octanol–water partition coefficient (Wildman–Crippen LogP) is 2.68. The molecule has 7 nitrogen and oxygen atoms in total. The maximum Gasteiger partial charge on any atom is 0.333 e. The summed E-state index contributed by atoms with van der Waals surface area (Å²) < 4.78 is 20.4. The van der Waals surface area contributed by atoms with Crippen molar-refractivity contribution in [2.45, 2.75) is 13.5 Å². The van der Waals surface area contributed by atoms with Crippen molar-refractivity contribution in [3.8, 4) is 11.4 Å². The number of H-pyrrole nitrogens is 1. The maximum absolute atomic E-state index is 13.7. The highest BCUT2D eigenvalue weighted by Crippen LogP contribution is 2.21. The van der Waals surface area contributed by atoms with Crippen LogP contribution in [0, 0.1) is 12.7 Å². The molecule has 0 saturated carbocycles. The summed E-state index contributed by atoms with van der Waals surface area (Å²) in [5, 5.41) is 0.333. The zero-order valence-corrected chi connectivity index (χ0v) is 15.5. The lowest BCUT2D eigenvalue weighted by molar-refractivity contribution is 0.294. The molecule has 0 radical (unpaired) electrons. The molecule has 0 aliphatic rings. The zero-order chi connectivity index (χ0) is 20.5. The molecule has 146 valence electrons. The third kappa shape index (κ3) is 3.47. The van der Waals surface area contributed by atoms with Gasteiger partial charge in [0.25, 0.3) is 5.56 Å². The second kappa shape index (κ2) is 7.23. The van der Waals surface area contributed by atoms with Gasteiger partial charge in [-0.25, -0.2) is 13.8 Å². The molecule has 4 rings (SSSR count). The highest BCUT2D eigenvalue weighted by Gasteiger charge is 2.13. The van der Waals surface area contributed by atoms with Crippen LogP contribution in [0.3, 0.4) is 0 Å². The Morgan fingerprint density at radius 1 is 1.17 bits per heavy atom. The van der Waals surface area contributed by atoms with Crippen molar-refractivity contribution in [3.63, 3.8) is 0 Å². The van der Waals surface area contributed by atoms with Crippen LogP contribution in [0.2, 0.25) is 0 Å². The topological polar surface area (TPSA) is 103 Å². The lowest BCUT2D eigenvalue weighted by Gasteiger charge is -2.12. The lowest BCUT2D eigenvalue weighted by Crippen LogP contribution is -2.34. The van der Waals surface area contributed by atoms with E-state index in [4.69, 9.17) is 10.5 Å². The summed E-state index contributed by atoms with van der Waals surface area (Å²) in [7, 11) is 0. The van der Waals surface area contributed by atoms with Crippen molar-refractivity contribution in [3.05, 3.63) is 92.6 Å². The normalized spacial score (nSPS) is 11.0. The standard InChI is InChI=1S/C21H17FN4O3/c1-12-4-6-14(29-11-18-16(22)3-2-8-24-18)10-19(12)26-20(27)15-7-5-13(23)9-17(15)25-21(26)28/h2-10H,11,23H2,1H3,(H,25,28). The predicted molar refractivity (Wildman–Crippen MR) is 108 cm³/mol. The van der Waals surface area contributed by atoms with Gasteiger partial charge in [0, 0.05) is 18.0 Å². The highest BCUT2D eigenvalue weighted by molar-refractivity contribution is 5.81. The summed E-state index contributed by atoms with van der Waals surface area (Å²) in [6, 6.07) is 12.5. The molecule has 0 amide bonds. The van der Waals surface area contributed by atoms with E-state index in [1.807, 2.05) is 0 Å². The first-order valence-electron chi connectivity index (χ1n) is 8.82. The van der Waals surface area contributed by atoms with E-state index in [0.717, 1.165) is 4.57 Å². The molecule has 0 saturated heterocycles. The van der Waals surface area contributed by atoms with Gasteiger partial charge < -0.3 is 15.5 Å². The number of pyridine rings is 1. The molecule has 0 bridgehead atoms. The number of nitrogen functional groups attached to an aromatic ring is 1. The van der Waals surface area contributed by atoms with Gasteiger partial charge >= 0.3 is 5.69 Å². The molecule has 0 aliphatic carbocycles. The molecule has 8 heteroatoms. The minimum Gasteiger partial charge on any atom is -0.487 e. The second-order valence-electron chi connectivity index (χ2n) is 6.54. The fourth-order valence-electron chi connectivity index (χ4n) is 3.05. The fraction of sp³-hybridized carbons (Fsp3) is 0.0952. The van der Waals surface area contributed by atoms with E-state index in [0.29, 0.717) is 33.6 Å². The Bertz CT molecular complexity index is 1340. The lowest BCUT2D eigenvalue weighted by atomic mass is 10.1. The Morgan fingerprint density at radius 2 is 2.00 bits per heavy atom. The van der Waals surface area contributed by atoms with Crippen LogP contribution in [0.4, 0.5) is 10.1 Å². The van der Waals surface area contributed by atoms with Crippen LogP contribution in [0.15, 0.2) is 64.3 Å². The number of benzene rings is 2. The van der Waals surface area contributed by atoms with E-state index in [-0.39, 0.29) is 12.3 Å². The average Bonchev–Trinajstić information content (AvgIpc) is 2.69. The number of rotatable bonds is 4. The van der Waals surface area contributed by atoms with Gasteiger partial charge in [0.05, 0.1) is 16.6 Å². The summed E-state index contributed by atoms with van der Waals surface area (Å²) in [5.74, 6) is -0.0966. The van der Waals surface area contributed by atoms with E-state index in [1.165, 1.54) is 24.4 Å². The number of nitrogens with two attached hydrogens (primary N) is 1. The summed E-state index contributed by atoms with van der Waals surface area (Å²) >= 11 is 0. The first-order chi connectivity index (χ1) is 13.9. The van der Waals surface area contributed by atoms with Crippen molar-refractivity contribution >= 4 is 16.6 Å². The Hall–Kier alpha value is -3.94. The number of aromatic amines is 1. The van der Waals surface area contributed by atoms with Crippen molar-refractivity contribution in [1.82, 2.24) is 14.5 Å². The zero-order valence-electron chi connectivity index (χ0n) is 15.5. The summed E-state index contributed by atoms with van der Waals surface area (Å²) in [6.45, 7) is 1.69. The third-order valence-corrected chi connectivity index (χ3v) is 4.55. The van der Waals surface area contributed by atoms with E-state index >= 15 is 0 Å². The van der Waals surface area contributed by atoms with Gasteiger partial charge in [0.15, 0.2) is 0 Å². The number of fused-ring (bicyclic) bond motifs is 1. The Balaban J connectivity index is 1.77. The monoisotopic (exact) mass is 392 g/mol. The third-order valence-electron chi connectivity index (χ3n) is 4.55. The molecule has 2 aromatic heterocycles. The molecule has 0 aliphatic heterocycles. The Morgan fingerprint density at radius 3 is 2.79 bits per heavy atom. The average molecular weight is 392 g/mol. The first-order valence-corrected chi connectivity index (χ1v) is 8.82. The fourth-order valence-corrected chi connectivity index (χ4v) is 3.05. The van der Waals surface area contributed by atoms with Gasteiger partial charge in [-0.3, -0.25) is 9.78 Å². The second-order valence-corrected chi connectivity index (χ2v) is 6.54. The van der Waals surface area contributed by atoms with E-state index in [2.05, 4.69) is 9.97 Å². The molecule has 29 heavy (non-hydrogen) atoms. The van der Waals surface area contributed by atoms with Gasteiger partial charge in [0.1, 0.15) is 23.9 Å². The summed E-state index contributed by atoms with van der Waals surface area (Å²) in [6.07, 6.45) is 1.48. The smallest absolute Gasteiger partial charge is 0.333 e. The van der Waals surface area contributed by atoms with Gasteiger partial charge in [-0.15, -0.1) is 0 Å². The minimum absolute atomic E-state index is 0.0859. The number of aromatic nitrogens is 3. The van der Waals surface area contributed by atoms with Crippen LogP contribution in [0.25, 0.3) is 16.6 Å². The van der Waals surface area contributed by atoms with Crippen LogP contribution in [-0.2, 0) is 6.61 Å². The van der Waals surface area contributed by atoms with Crippen molar-refractivity contribution < 1.29 is 9.13 Å². The number of halogens is 1. The molecule has 0 unspecified atom stereocenters. The van der Waals surface area contributed by atoms with Crippen molar-refractivity contribution in [2.24, 2.45) is 0 Å². The number of nitrogens with zero attached hydrogens (tertiary/aromatic N) is 2. The molecular weight excluding hydrogens is 375 g/mol. The van der Waals surface area contributed by atoms with Gasteiger partial charge in [-0.2, -0.15) is 0 Å². The number of anilines is 1. The van der Waals surface area contributed by atoms with Crippen LogP contribution >= 0.6 is 0 Å². The quantitative estimate of drug-likeness (QED) is 0.520. The summed E-state index contributed by atoms with van der Waals surface area (Å²) in [5.41, 5.74) is 6.70. The van der Waals surface area contributed by atoms with Crippen LogP contribution in [0.5, 0.6) is 5.75 Å². The number of aryl methyl sites for hydroxylation is 1. The molecule has 0 spiro atoms. The number of ether oxygens (including phenoxy) is 1. The Labute approximate surface area is 164 Å². The van der Waals surface area contributed by atoms with E-state index in [1.54, 1.807) is 37.3 Å². The van der Waals surface area contributed by atoms with Crippen LogP contribution in [-0.4, -0.2) is 14.5 Å². The van der Waals surface area contributed by atoms with Crippen LogP contribution < -0.4 is 21.7 Å². The van der Waals surface area contributed by atoms with Gasteiger partial charge in [-0.05, 0) is 48.9 Å². The minimum atomic E-state index is -0.593. The highest BCUT2D eigenvalue weighted by atomic mass is 19.1. The number of hydrogen-bond donors (Lipinski definition) is 2. The van der Waals surface area contributed by atoms with Crippen molar-refractivity contribution in [1.29, 1.82) is 0 Å². The molecule has 4 aromatic rings. The van der Waals surface area contributed by atoms with Gasteiger partial charge in [0.2, 0.25) is 0 Å². The Kier molecular flexibility index (Phi) is 4.59. The van der Waals surface area contributed by atoms with E-state index < -0.39 is 17.1 Å². The molecule has 0 fully saturated rings. The van der Waals surface area contributed by atoms with E-state index in [9.17, 15) is 14.0 Å². The number of hydrogen-bond acceptors (Lipinski definition) is 5. The summed E-state index contributed by atoms with van der Waals surface area (Å²) in [4.78, 5) is 32.2. The van der Waals surface area contributed by atoms with Gasteiger partial charge in [-0.1, -0.05) is 6.07 Å². The molecular formula is C21H17FN4O3. The van der Waals surface area contributed by atoms with Crippen LogP contribution in [0.1, 0.15) is 11.3 Å². The first kappa shape index (κ1) is 18.4. The SMILES string of the molecule is Cc1ccc(OCc2ncccc2F)cc1-n1c(=O)[nH]c2cc(N)ccc2c1=O. The molecule has 2 heterocycles. The molecule has 3 N–H and O–H groups in total. The molecule has 2 aromatic carbocycles. The van der Waals surface area contributed by atoms with Crippen molar-refractivity contribution in [2.75, 3.05) is 5.73 Å². The molecule has 0 atom stereocenters. The number of nitrogens with one attached hydrogen (secondary N) is 1.